The monoisotopic (exact) mass is 404 g/mol. The summed E-state index contributed by atoms with van der Waals surface area (Å²) in [5.41, 5.74) is 2.90. The van der Waals surface area contributed by atoms with Crippen molar-refractivity contribution in [2.75, 3.05) is 35.7 Å². The molecule has 3 rings (SSSR count). The summed E-state index contributed by atoms with van der Waals surface area (Å²) in [5.74, 6) is -0.0908. The second-order valence-corrected chi connectivity index (χ2v) is 6.45. The van der Waals surface area contributed by atoms with Crippen LogP contribution in [-0.2, 0) is 9.53 Å². The van der Waals surface area contributed by atoms with Crippen molar-refractivity contribution in [2.24, 2.45) is 0 Å². The number of hydrogen-bond acceptors (Lipinski definition) is 4. The van der Waals surface area contributed by atoms with Crippen LogP contribution in [-0.4, -0.2) is 37.7 Å². The summed E-state index contributed by atoms with van der Waals surface area (Å²) in [4.78, 5) is 24.4. The molecule has 1 fully saturated rings. The number of amides is 3. The van der Waals surface area contributed by atoms with Gasteiger partial charge in [-0.2, -0.15) is 0 Å². The minimum absolute atomic E-state index is 0. The minimum Gasteiger partial charge on any atom is -0.378 e. The highest BCUT2D eigenvalue weighted by atomic mass is 35.5. The van der Waals surface area contributed by atoms with E-state index in [0.717, 1.165) is 12.1 Å². The fourth-order valence-corrected chi connectivity index (χ4v) is 2.83. The van der Waals surface area contributed by atoms with Gasteiger partial charge in [0.1, 0.15) is 0 Å². The summed E-state index contributed by atoms with van der Waals surface area (Å²) in [6.45, 7) is 3.88. The number of urea groups is 1. The Morgan fingerprint density at radius 1 is 1.07 bits per heavy atom. The molecule has 1 atom stereocenters. The maximum Gasteiger partial charge on any atom is 0.323 e. The minimum atomic E-state index is -0.342. The summed E-state index contributed by atoms with van der Waals surface area (Å²) >= 11 is 0. The Kier molecular flexibility index (Phi) is 8.25. The first-order valence-corrected chi connectivity index (χ1v) is 8.95. The number of ether oxygens (including phenoxy) is 1. The van der Waals surface area contributed by atoms with Gasteiger partial charge in [-0.05, 0) is 36.8 Å². The second kappa shape index (κ2) is 10.7. The quantitative estimate of drug-likeness (QED) is 0.614. The molecular formula is C20H25ClN4O3. The lowest BCUT2D eigenvalue weighted by Crippen LogP contribution is -2.43. The first kappa shape index (κ1) is 21.7. The lowest BCUT2D eigenvalue weighted by Gasteiger charge is -2.23. The highest BCUT2D eigenvalue weighted by molar-refractivity contribution is 6.00. The van der Waals surface area contributed by atoms with Gasteiger partial charge in [0, 0.05) is 36.1 Å². The van der Waals surface area contributed by atoms with Crippen LogP contribution in [0.25, 0.3) is 0 Å². The Labute approximate surface area is 170 Å². The molecule has 0 spiro atoms. The predicted octanol–water partition coefficient (Wildman–Crippen LogP) is 3.38. The molecule has 1 unspecified atom stereocenters. The van der Waals surface area contributed by atoms with E-state index in [0.29, 0.717) is 36.7 Å². The van der Waals surface area contributed by atoms with Gasteiger partial charge in [0.15, 0.2) is 0 Å². The van der Waals surface area contributed by atoms with Crippen molar-refractivity contribution >= 4 is 41.4 Å². The van der Waals surface area contributed by atoms with Gasteiger partial charge in [-0.1, -0.05) is 24.3 Å². The average molecular weight is 405 g/mol. The number of morpholine rings is 1. The zero-order chi connectivity index (χ0) is 19.1. The van der Waals surface area contributed by atoms with Crippen molar-refractivity contribution in [2.45, 2.75) is 19.4 Å². The molecule has 0 aromatic heterocycles. The molecule has 4 N–H and O–H groups in total. The number of benzene rings is 2. The third-order valence-corrected chi connectivity index (χ3v) is 4.23. The molecule has 3 amide bonds. The van der Waals surface area contributed by atoms with Crippen molar-refractivity contribution in [1.82, 2.24) is 5.32 Å². The summed E-state index contributed by atoms with van der Waals surface area (Å²) < 4.78 is 5.37. The van der Waals surface area contributed by atoms with E-state index in [1.54, 1.807) is 12.1 Å². The molecule has 0 saturated carbocycles. The van der Waals surface area contributed by atoms with Gasteiger partial charge in [0.05, 0.1) is 13.2 Å². The number of anilines is 3. The van der Waals surface area contributed by atoms with Gasteiger partial charge in [-0.3, -0.25) is 4.79 Å². The van der Waals surface area contributed by atoms with Crippen molar-refractivity contribution < 1.29 is 14.3 Å². The van der Waals surface area contributed by atoms with E-state index in [1.165, 1.54) is 0 Å². The Balaban J connectivity index is 0.00000280. The molecule has 28 heavy (non-hydrogen) atoms. The van der Waals surface area contributed by atoms with E-state index in [2.05, 4.69) is 21.3 Å². The van der Waals surface area contributed by atoms with Gasteiger partial charge in [0.25, 0.3) is 0 Å². The van der Waals surface area contributed by atoms with Crippen LogP contribution < -0.4 is 21.3 Å². The zero-order valence-electron chi connectivity index (χ0n) is 15.7. The van der Waals surface area contributed by atoms with Gasteiger partial charge >= 0.3 is 6.03 Å². The van der Waals surface area contributed by atoms with Crippen LogP contribution in [0.3, 0.4) is 0 Å². The van der Waals surface area contributed by atoms with Crippen LogP contribution in [0.2, 0.25) is 0 Å². The van der Waals surface area contributed by atoms with Crippen LogP contribution in [0.4, 0.5) is 21.9 Å². The maximum atomic E-state index is 12.3. The number of para-hydroxylation sites is 1. The number of halogens is 1. The molecular weight excluding hydrogens is 380 g/mol. The van der Waals surface area contributed by atoms with Crippen LogP contribution in [0.1, 0.15) is 12.0 Å². The summed E-state index contributed by atoms with van der Waals surface area (Å²) in [6.07, 6.45) is 0.339. The van der Waals surface area contributed by atoms with E-state index >= 15 is 0 Å². The molecule has 1 aliphatic heterocycles. The molecule has 2 aromatic carbocycles. The van der Waals surface area contributed by atoms with E-state index < -0.39 is 0 Å². The lowest BCUT2D eigenvalue weighted by molar-refractivity contribution is -0.117. The van der Waals surface area contributed by atoms with E-state index in [4.69, 9.17) is 4.74 Å². The fraction of sp³-hybridized carbons (Fsp3) is 0.300. The van der Waals surface area contributed by atoms with Gasteiger partial charge in [-0.15, -0.1) is 12.4 Å². The smallest absolute Gasteiger partial charge is 0.323 e. The molecule has 150 valence electrons. The predicted molar refractivity (Wildman–Crippen MR) is 113 cm³/mol. The first-order chi connectivity index (χ1) is 13.1. The van der Waals surface area contributed by atoms with Crippen LogP contribution >= 0.6 is 12.4 Å². The number of aryl methyl sites for hydroxylation is 1. The average Bonchev–Trinajstić information content (AvgIpc) is 2.66. The first-order valence-electron chi connectivity index (χ1n) is 8.95. The van der Waals surface area contributed by atoms with Crippen molar-refractivity contribution in [3.8, 4) is 0 Å². The topological polar surface area (TPSA) is 91.5 Å². The SMILES string of the molecule is Cc1ccc(NC(=O)Nc2ccccc2)cc1NC(=O)CC1COCCN1.Cl. The lowest BCUT2D eigenvalue weighted by atomic mass is 10.1. The van der Waals surface area contributed by atoms with E-state index in [9.17, 15) is 9.59 Å². The molecule has 8 heteroatoms. The number of hydrogen-bond donors (Lipinski definition) is 4. The second-order valence-electron chi connectivity index (χ2n) is 6.45. The standard InChI is InChI=1S/C20H24N4O3.ClH/c1-14-7-8-16(23-20(26)22-15-5-3-2-4-6-15)11-18(14)24-19(25)12-17-13-27-10-9-21-17;/h2-8,11,17,21H,9-10,12-13H2,1H3,(H,24,25)(H2,22,23,26);1H. The van der Waals surface area contributed by atoms with Crippen molar-refractivity contribution in [1.29, 1.82) is 0 Å². The fourth-order valence-electron chi connectivity index (χ4n) is 2.83. The Morgan fingerprint density at radius 3 is 2.54 bits per heavy atom. The molecule has 1 aliphatic rings. The van der Waals surface area contributed by atoms with Crippen LogP contribution in [0.5, 0.6) is 0 Å². The van der Waals surface area contributed by atoms with Gasteiger partial charge < -0.3 is 26.0 Å². The van der Waals surface area contributed by atoms with Gasteiger partial charge in [0.2, 0.25) is 5.91 Å². The molecule has 2 aromatic rings. The molecule has 1 saturated heterocycles. The zero-order valence-corrected chi connectivity index (χ0v) is 16.5. The largest absolute Gasteiger partial charge is 0.378 e. The van der Waals surface area contributed by atoms with E-state index in [1.807, 2.05) is 43.3 Å². The number of nitrogens with one attached hydrogen (secondary N) is 4. The van der Waals surface area contributed by atoms with Crippen LogP contribution in [0.15, 0.2) is 48.5 Å². The Hall–Kier alpha value is -2.61. The summed E-state index contributed by atoms with van der Waals surface area (Å²) in [5, 5.41) is 11.7. The maximum absolute atomic E-state index is 12.3. The third-order valence-electron chi connectivity index (χ3n) is 4.23. The highest BCUT2D eigenvalue weighted by Gasteiger charge is 2.17. The molecule has 0 aliphatic carbocycles. The number of carbonyl (C=O) groups excluding carboxylic acids is 2. The van der Waals surface area contributed by atoms with Gasteiger partial charge in [-0.25, -0.2) is 4.79 Å². The normalized spacial score (nSPS) is 15.8. The number of rotatable bonds is 5. The van der Waals surface area contributed by atoms with E-state index in [-0.39, 0.29) is 30.4 Å². The Bertz CT molecular complexity index is 795. The highest BCUT2D eigenvalue weighted by Crippen LogP contribution is 2.21. The summed E-state index contributed by atoms with van der Waals surface area (Å²) in [6, 6.07) is 14.3. The molecule has 7 nitrogen and oxygen atoms in total. The number of carbonyl (C=O) groups is 2. The van der Waals surface area contributed by atoms with Crippen LogP contribution in [0, 0.1) is 6.92 Å². The van der Waals surface area contributed by atoms with Crippen molar-refractivity contribution in [3.63, 3.8) is 0 Å². The summed E-state index contributed by atoms with van der Waals surface area (Å²) in [7, 11) is 0. The molecule has 1 heterocycles. The molecule has 0 radical (unpaired) electrons. The third kappa shape index (κ3) is 6.53. The van der Waals surface area contributed by atoms with Crippen molar-refractivity contribution in [3.05, 3.63) is 54.1 Å². The molecule has 0 bridgehead atoms. The Morgan fingerprint density at radius 2 is 1.82 bits per heavy atom.